The number of amides is 1. The summed E-state index contributed by atoms with van der Waals surface area (Å²) in [6.07, 6.45) is 1.91. The van der Waals surface area contributed by atoms with Gasteiger partial charge in [0.2, 0.25) is 5.91 Å². The van der Waals surface area contributed by atoms with E-state index in [0.29, 0.717) is 38.1 Å². The third kappa shape index (κ3) is 5.02. The molecule has 0 bridgehead atoms. The van der Waals surface area contributed by atoms with Crippen molar-refractivity contribution in [1.82, 2.24) is 9.62 Å². The number of sulfonamides is 1. The van der Waals surface area contributed by atoms with E-state index in [4.69, 9.17) is 0 Å². The van der Waals surface area contributed by atoms with Gasteiger partial charge in [-0.1, -0.05) is 13.8 Å². The molecule has 1 aromatic rings. The van der Waals surface area contributed by atoms with Gasteiger partial charge in [-0.05, 0) is 37.3 Å². The molecule has 0 radical (unpaired) electrons. The molecule has 2 rings (SSSR count). The number of carbonyl (C=O) groups is 2. The van der Waals surface area contributed by atoms with Crippen LogP contribution in [0.25, 0.3) is 0 Å². The largest absolute Gasteiger partial charge is 0.480 e. The number of nitrogens with zero attached hydrogens (tertiary/aromatic N) is 1. The molecule has 0 aliphatic carbocycles. The summed E-state index contributed by atoms with van der Waals surface area (Å²) in [7, 11) is -3.79. The fourth-order valence-electron chi connectivity index (χ4n) is 2.79. The van der Waals surface area contributed by atoms with Crippen molar-refractivity contribution in [2.24, 2.45) is 5.92 Å². The Labute approximate surface area is 152 Å². The van der Waals surface area contributed by atoms with Gasteiger partial charge in [0.25, 0.3) is 10.0 Å². The molecule has 1 atom stereocenters. The summed E-state index contributed by atoms with van der Waals surface area (Å²) in [5, 5.41) is 12.0. The molecule has 2 heterocycles. The monoisotopic (exact) mass is 388 g/mol. The first-order chi connectivity index (χ1) is 11.7. The Hall–Kier alpha value is -1.45. The maximum absolute atomic E-state index is 12.7. The molecular weight excluding hydrogens is 364 g/mol. The van der Waals surface area contributed by atoms with Crippen LogP contribution in [0.4, 0.5) is 0 Å². The Balaban J connectivity index is 1.98. The van der Waals surface area contributed by atoms with Crippen molar-refractivity contribution in [3.63, 3.8) is 0 Å². The van der Waals surface area contributed by atoms with Gasteiger partial charge < -0.3 is 10.4 Å². The van der Waals surface area contributed by atoms with Crippen LogP contribution in [-0.4, -0.2) is 48.8 Å². The van der Waals surface area contributed by atoms with Gasteiger partial charge in [0.05, 0.1) is 0 Å². The maximum Gasteiger partial charge on any atom is 0.322 e. The van der Waals surface area contributed by atoms with Crippen LogP contribution in [0.2, 0.25) is 0 Å². The van der Waals surface area contributed by atoms with Gasteiger partial charge in [-0.15, -0.1) is 11.3 Å². The molecule has 0 saturated carbocycles. The highest BCUT2D eigenvalue weighted by Gasteiger charge is 2.40. The summed E-state index contributed by atoms with van der Waals surface area (Å²) in [4.78, 5) is 23.7. The summed E-state index contributed by atoms with van der Waals surface area (Å²) in [5.41, 5.74) is 0. The molecule has 1 aliphatic rings. The van der Waals surface area contributed by atoms with E-state index in [0.717, 1.165) is 20.5 Å². The molecule has 0 unspecified atom stereocenters. The topological polar surface area (TPSA) is 104 Å². The van der Waals surface area contributed by atoms with Crippen LogP contribution in [0.15, 0.2) is 16.3 Å². The fourth-order valence-corrected chi connectivity index (χ4v) is 5.93. The van der Waals surface area contributed by atoms with Crippen molar-refractivity contribution < 1.29 is 23.1 Å². The average molecular weight is 389 g/mol. The number of carboxylic acid groups (broad SMARTS) is 1. The highest BCUT2D eigenvalue weighted by atomic mass is 32.2. The zero-order valence-corrected chi connectivity index (χ0v) is 16.0. The number of carbonyl (C=O) groups excluding carboxylic acids is 1. The average Bonchev–Trinajstić information content (AvgIpc) is 3.16. The van der Waals surface area contributed by atoms with E-state index in [1.54, 1.807) is 6.07 Å². The number of rotatable bonds is 8. The summed E-state index contributed by atoms with van der Waals surface area (Å²) in [6.45, 7) is 4.63. The molecule has 0 spiro atoms. The molecule has 9 heteroatoms. The minimum Gasteiger partial charge on any atom is -0.480 e. The number of hydrogen-bond acceptors (Lipinski definition) is 5. The number of thiophene rings is 1. The standard InChI is InChI=1S/C16H24N2O5S2/c1-11(2)10-14(19)17-8-7-12-5-6-15(24-12)25(22,23)18-9-3-4-13(18)16(20)21/h5-6,11,13H,3-4,7-10H2,1-2H3,(H,17,19)(H,20,21)/t13-/m0/s1. The van der Waals surface area contributed by atoms with Crippen LogP contribution in [-0.2, 0) is 26.0 Å². The number of hydrogen-bond donors (Lipinski definition) is 2. The van der Waals surface area contributed by atoms with Crippen molar-refractivity contribution in [1.29, 1.82) is 0 Å². The summed E-state index contributed by atoms with van der Waals surface area (Å²) < 4.78 is 26.6. The smallest absolute Gasteiger partial charge is 0.322 e. The molecule has 25 heavy (non-hydrogen) atoms. The van der Waals surface area contributed by atoms with Gasteiger partial charge in [-0.25, -0.2) is 8.42 Å². The summed E-state index contributed by atoms with van der Waals surface area (Å²) >= 11 is 1.13. The predicted molar refractivity (Wildman–Crippen MR) is 95.0 cm³/mol. The molecule has 1 aliphatic heterocycles. The summed E-state index contributed by atoms with van der Waals surface area (Å²) in [5.74, 6) is -0.826. The predicted octanol–water partition coefficient (Wildman–Crippen LogP) is 1.69. The van der Waals surface area contributed by atoms with Gasteiger partial charge >= 0.3 is 5.97 Å². The van der Waals surface area contributed by atoms with Gasteiger partial charge in [-0.3, -0.25) is 9.59 Å². The Kier molecular flexibility index (Phi) is 6.59. The minimum absolute atomic E-state index is 0.0132. The second-order valence-corrected chi connectivity index (χ2v) is 9.82. The van der Waals surface area contributed by atoms with Gasteiger partial charge in [0.15, 0.2) is 0 Å². The molecule has 2 N–H and O–H groups in total. The maximum atomic E-state index is 12.7. The van der Waals surface area contributed by atoms with E-state index < -0.39 is 22.0 Å². The van der Waals surface area contributed by atoms with Gasteiger partial charge in [0, 0.05) is 24.4 Å². The number of nitrogens with one attached hydrogen (secondary N) is 1. The lowest BCUT2D eigenvalue weighted by Crippen LogP contribution is -2.40. The Morgan fingerprint density at radius 2 is 2.12 bits per heavy atom. The van der Waals surface area contributed by atoms with Crippen LogP contribution < -0.4 is 5.32 Å². The van der Waals surface area contributed by atoms with Crippen molar-refractivity contribution >= 4 is 33.2 Å². The molecule has 1 amide bonds. The fraction of sp³-hybridized carbons (Fsp3) is 0.625. The quantitative estimate of drug-likeness (QED) is 0.705. The highest BCUT2D eigenvalue weighted by molar-refractivity contribution is 7.91. The zero-order valence-electron chi connectivity index (χ0n) is 14.4. The van der Waals surface area contributed by atoms with Crippen LogP contribution in [0, 0.1) is 5.92 Å². The zero-order chi connectivity index (χ0) is 18.6. The van der Waals surface area contributed by atoms with Crippen LogP contribution in [0.5, 0.6) is 0 Å². The first-order valence-corrected chi connectivity index (χ1v) is 10.6. The number of aliphatic carboxylic acids is 1. The SMILES string of the molecule is CC(C)CC(=O)NCCc1ccc(S(=O)(=O)N2CCC[C@H]2C(=O)O)s1. The lowest BCUT2D eigenvalue weighted by molar-refractivity contribution is -0.140. The van der Waals surface area contributed by atoms with E-state index >= 15 is 0 Å². The Morgan fingerprint density at radius 1 is 1.40 bits per heavy atom. The first kappa shape index (κ1) is 19.9. The van der Waals surface area contributed by atoms with Crippen LogP contribution in [0.3, 0.4) is 0 Å². The molecule has 1 fully saturated rings. The molecular formula is C16H24N2O5S2. The Morgan fingerprint density at radius 3 is 2.76 bits per heavy atom. The molecule has 1 saturated heterocycles. The molecule has 1 aromatic heterocycles. The van der Waals surface area contributed by atoms with Crippen molar-refractivity contribution in [3.8, 4) is 0 Å². The van der Waals surface area contributed by atoms with E-state index in [2.05, 4.69) is 5.32 Å². The van der Waals surface area contributed by atoms with E-state index in [1.165, 1.54) is 6.07 Å². The Bertz CT molecular complexity index is 727. The second-order valence-electron chi connectivity index (χ2n) is 6.53. The second kappa shape index (κ2) is 8.29. The lowest BCUT2D eigenvalue weighted by atomic mass is 10.1. The highest BCUT2D eigenvalue weighted by Crippen LogP contribution is 2.30. The lowest BCUT2D eigenvalue weighted by Gasteiger charge is -2.19. The minimum atomic E-state index is -3.79. The van der Waals surface area contributed by atoms with Crippen LogP contribution >= 0.6 is 11.3 Å². The summed E-state index contributed by atoms with van der Waals surface area (Å²) in [6, 6.07) is 2.26. The third-order valence-corrected chi connectivity index (χ3v) is 7.50. The van der Waals surface area contributed by atoms with E-state index in [-0.39, 0.29) is 16.7 Å². The number of carboxylic acids is 1. The van der Waals surface area contributed by atoms with Crippen molar-refractivity contribution in [2.45, 2.75) is 49.8 Å². The molecule has 140 valence electrons. The van der Waals surface area contributed by atoms with Gasteiger partial charge in [-0.2, -0.15) is 4.31 Å². The van der Waals surface area contributed by atoms with E-state index in [9.17, 15) is 23.1 Å². The third-order valence-electron chi connectivity index (χ3n) is 3.98. The van der Waals surface area contributed by atoms with Crippen molar-refractivity contribution in [3.05, 3.63) is 17.0 Å². The van der Waals surface area contributed by atoms with E-state index in [1.807, 2.05) is 13.8 Å². The molecule has 0 aromatic carbocycles. The van der Waals surface area contributed by atoms with Crippen LogP contribution in [0.1, 0.15) is 38.0 Å². The van der Waals surface area contributed by atoms with Gasteiger partial charge in [0.1, 0.15) is 10.3 Å². The first-order valence-electron chi connectivity index (χ1n) is 8.32. The normalized spacial score (nSPS) is 18.6. The molecule has 7 nitrogen and oxygen atoms in total. The van der Waals surface area contributed by atoms with Crippen molar-refractivity contribution in [2.75, 3.05) is 13.1 Å².